The van der Waals surface area contributed by atoms with E-state index in [2.05, 4.69) is 5.32 Å². The van der Waals surface area contributed by atoms with E-state index in [0.29, 0.717) is 25.1 Å². The van der Waals surface area contributed by atoms with Crippen LogP contribution in [0.25, 0.3) is 0 Å². The number of hydrogen-bond acceptors (Lipinski definition) is 3. The SMILES string of the molecule is CN(CCCC(=O)O)C(=O)NCc1cccc(C#N)c1. The minimum atomic E-state index is -0.868. The molecule has 6 heteroatoms. The number of nitrogens with one attached hydrogen (secondary N) is 1. The van der Waals surface area contributed by atoms with Gasteiger partial charge in [-0.3, -0.25) is 4.79 Å². The Morgan fingerprint density at radius 2 is 2.20 bits per heavy atom. The van der Waals surface area contributed by atoms with E-state index in [0.717, 1.165) is 5.56 Å². The van der Waals surface area contributed by atoms with E-state index < -0.39 is 5.97 Å². The average molecular weight is 275 g/mol. The molecular weight excluding hydrogens is 258 g/mol. The fourth-order valence-corrected chi connectivity index (χ4v) is 1.63. The molecule has 0 fully saturated rings. The highest BCUT2D eigenvalue weighted by atomic mass is 16.4. The second-order valence-electron chi connectivity index (χ2n) is 4.39. The molecule has 0 heterocycles. The molecule has 0 aliphatic carbocycles. The van der Waals surface area contributed by atoms with Gasteiger partial charge in [0.15, 0.2) is 0 Å². The number of benzene rings is 1. The molecule has 6 nitrogen and oxygen atoms in total. The van der Waals surface area contributed by atoms with Crippen molar-refractivity contribution in [1.29, 1.82) is 5.26 Å². The zero-order valence-electron chi connectivity index (χ0n) is 11.3. The fraction of sp³-hybridized carbons (Fsp3) is 0.357. The lowest BCUT2D eigenvalue weighted by Gasteiger charge is -2.17. The molecule has 0 spiro atoms. The summed E-state index contributed by atoms with van der Waals surface area (Å²) in [5.74, 6) is -0.868. The summed E-state index contributed by atoms with van der Waals surface area (Å²) in [5, 5.41) is 20.0. The van der Waals surface area contributed by atoms with Gasteiger partial charge in [-0.25, -0.2) is 4.79 Å². The molecule has 1 aromatic carbocycles. The predicted molar refractivity (Wildman–Crippen MR) is 72.9 cm³/mol. The Morgan fingerprint density at radius 3 is 2.85 bits per heavy atom. The Bertz CT molecular complexity index is 523. The highest BCUT2D eigenvalue weighted by molar-refractivity contribution is 5.74. The van der Waals surface area contributed by atoms with E-state index in [4.69, 9.17) is 10.4 Å². The first-order valence-corrected chi connectivity index (χ1v) is 6.22. The molecule has 0 aliphatic rings. The fourth-order valence-electron chi connectivity index (χ4n) is 1.63. The summed E-state index contributed by atoms with van der Waals surface area (Å²) in [6, 6.07) is 8.77. The minimum absolute atomic E-state index is 0.0435. The molecule has 2 amide bonds. The van der Waals surface area contributed by atoms with Crippen LogP contribution in [-0.4, -0.2) is 35.6 Å². The van der Waals surface area contributed by atoms with Crippen molar-refractivity contribution in [3.8, 4) is 6.07 Å². The molecule has 0 unspecified atom stereocenters. The number of carbonyl (C=O) groups is 2. The highest BCUT2D eigenvalue weighted by Crippen LogP contribution is 2.04. The molecule has 0 saturated carbocycles. The van der Waals surface area contributed by atoms with Crippen LogP contribution in [0.4, 0.5) is 4.79 Å². The minimum Gasteiger partial charge on any atom is -0.481 e. The molecule has 20 heavy (non-hydrogen) atoms. The van der Waals surface area contributed by atoms with Crippen molar-refractivity contribution in [1.82, 2.24) is 10.2 Å². The molecule has 0 radical (unpaired) electrons. The van der Waals surface area contributed by atoms with Gasteiger partial charge < -0.3 is 15.3 Å². The first-order chi connectivity index (χ1) is 9.52. The lowest BCUT2D eigenvalue weighted by Crippen LogP contribution is -2.37. The predicted octanol–water partition coefficient (Wildman–Crippen LogP) is 1.56. The Hall–Kier alpha value is -2.55. The van der Waals surface area contributed by atoms with E-state index in [1.54, 1.807) is 25.2 Å². The Labute approximate surface area is 117 Å². The van der Waals surface area contributed by atoms with E-state index in [1.165, 1.54) is 4.90 Å². The number of aliphatic carboxylic acids is 1. The van der Waals surface area contributed by atoms with Gasteiger partial charge in [-0.15, -0.1) is 0 Å². The summed E-state index contributed by atoms with van der Waals surface area (Å²) in [7, 11) is 1.61. The molecule has 0 aliphatic heterocycles. The van der Waals surface area contributed by atoms with Crippen molar-refractivity contribution in [2.24, 2.45) is 0 Å². The van der Waals surface area contributed by atoms with Crippen LogP contribution in [0.3, 0.4) is 0 Å². The van der Waals surface area contributed by atoms with Crippen LogP contribution >= 0.6 is 0 Å². The summed E-state index contributed by atoms with van der Waals surface area (Å²) in [5.41, 5.74) is 1.39. The van der Waals surface area contributed by atoms with Crippen LogP contribution in [0.5, 0.6) is 0 Å². The lowest BCUT2D eigenvalue weighted by molar-refractivity contribution is -0.137. The second-order valence-corrected chi connectivity index (χ2v) is 4.39. The van der Waals surface area contributed by atoms with Crippen LogP contribution in [0.2, 0.25) is 0 Å². The first kappa shape index (κ1) is 15.5. The van der Waals surface area contributed by atoms with Crippen molar-refractivity contribution in [2.75, 3.05) is 13.6 Å². The van der Waals surface area contributed by atoms with Crippen LogP contribution in [0, 0.1) is 11.3 Å². The maximum absolute atomic E-state index is 11.7. The van der Waals surface area contributed by atoms with Gasteiger partial charge in [-0.1, -0.05) is 12.1 Å². The summed E-state index contributed by atoms with van der Waals surface area (Å²) in [6.45, 7) is 0.716. The number of carboxylic acid groups (broad SMARTS) is 1. The van der Waals surface area contributed by atoms with E-state index in [9.17, 15) is 9.59 Å². The molecule has 0 saturated heterocycles. The zero-order chi connectivity index (χ0) is 15.0. The summed E-state index contributed by atoms with van der Waals surface area (Å²) < 4.78 is 0. The molecule has 2 N–H and O–H groups in total. The topological polar surface area (TPSA) is 93.4 Å². The van der Waals surface area contributed by atoms with E-state index in [-0.39, 0.29) is 12.5 Å². The molecule has 1 rings (SSSR count). The number of urea groups is 1. The Kier molecular flexibility index (Phi) is 6.04. The van der Waals surface area contributed by atoms with Gasteiger partial charge >= 0.3 is 12.0 Å². The molecule has 0 bridgehead atoms. The van der Waals surface area contributed by atoms with Crippen LogP contribution in [-0.2, 0) is 11.3 Å². The second kappa shape index (κ2) is 7.79. The number of amides is 2. The highest BCUT2D eigenvalue weighted by Gasteiger charge is 2.08. The maximum Gasteiger partial charge on any atom is 0.317 e. The van der Waals surface area contributed by atoms with Gasteiger partial charge in [-0.05, 0) is 24.1 Å². The van der Waals surface area contributed by atoms with Gasteiger partial charge in [0.1, 0.15) is 0 Å². The third kappa shape index (κ3) is 5.40. The van der Waals surface area contributed by atoms with Crippen LogP contribution < -0.4 is 5.32 Å². The van der Waals surface area contributed by atoms with Crippen molar-refractivity contribution >= 4 is 12.0 Å². The number of nitriles is 1. The van der Waals surface area contributed by atoms with E-state index in [1.807, 2.05) is 12.1 Å². The normalized spacial score (nSPS) is 9.60. The molecule has 0 aromatic heterocycles. The largest absolute Gasteiger partial charge is 0.481 e. The van der Waals surface area contributed by atoms with Crippen LogP contribution in [0.1, 0.15) is 24.0 Å². The molecule has 0 atom stereocenters. The number of carbonyl (C=O) groups excluding carboxylic acids is 1. The maximum atomic E-state index is 11.7. The number of carboxylic acids is 1. The third-order valence-electron chi connectivity index (χ3n) is 2.73. The first-order valence-electron chi connectivity index (χ1n) is 6.22. The quantitative estimate of drug-likeness (QED) is 0.824. The molecular formula is C14H17N3O3. The average Bonchev–Trinajstić information content (AvgIpc) is 2.44. The standard InChI is InChI=1S/C14H17N3O3/c1-17(7-3-6-13(18)19)14(20)16-10-12-5-2-4-11(8-12)9-15/h2,4-5,8H,3,6-7,10H2,1H3,(H,16,20)(H,18,19). The number of rotatable bonds is 6. The molecule has 106 valence electrons. The Morgan fingerprint density at radius 1 is 1.45 bits per heavy atom. The Balaban J connectivity index is 2.38. The summed E-state index contributed by atoms with van der Waals surface area (Å²) in [6.07, 6.45) is 0.463. The lowest BCUT2D eigenvalue weighted by atomic mass is 10.1. The van der Waals surface area contributed by atoms with Crippen molar-refractivity contribution in [3.63, 3.8) is 0 Å². The van der Waals surface area contributed by atoms with Crippen molar-refractivity contribution in [2.45, 2.75) is 19.4 Å². The number of nitrogens with zero attached hydrogens (tertiary/aromatic N) is 2. The van der Waals surface area contributed by atoms with Crippen molar-refractivity contribution < 1.29 is 14.7 Å². The monoisotopic (exact) mass is 275 g/mol. The summed E-state index contributed by atoms with van der Waals surface area (Å²) >= 11 is 0. The van der Waals surface area contributed by atoms with Gasteiger partial charge in [-0.2, -0.15) is 5.26 Å². The third-order valence-corrected chi connectivity index (χ3v) is 2.73. The van der Waals surface area contributed by atoms with Crippen LogP contribution in [0.15, 0.2) is 24.3 Å². The van der Waals surface area contributed by atoms with E-state index >= 15 is 0 Å². The van der Waals surface area contributed by atoms with Gasteiger partial charge in [0.25, 0.3) is 0 Å². The molecule has 1 aromatic rings. The van der Waals surface area contributed by atoms with Gasteiger partial charge in [0, 0.05) is 26.6 Å². The summed E-state index contributed by atoms with van der Waals surface area (Å²) in [4.78, 5) is 23.6. The van der Waals surface area contributed by atoms with Gasteiger partial charge in [0.2, 0.25) is 0 Å². The number of hydrogen-bond donors (Lipinski definition) is 2. The smallest absolute Gasteiger partial charge is 0.317 e. The zero-order valence-corrected chi connectivity index (χ0v) is 11.3. The van der Waals surface area contributed by atoms with Crippen molar-refractivity contribution in [3.05, 3.63) is 35.4 Å². The van der Waals surface area contributed by atoms with Gasteiger partial charge in [0.05, 0.1) is 11.6 Å².